The number of aromatic nitrogens is 3. The molecule has 2 aliphatic rings. The predicted octanol–water partition coefficient (Wildman–Crippen LogP) is 1.00. The van der Waals surface area contributed by atoms with E-state index in [-0.39, 0.29) is 0 Å². The van der Waals surface area contributed by atoms with E-state index in [1.54, 1.807) is 12.7 Å². The van der Waals surface area contributed by atoms with Gasteiger partial charge in [0.2, 0.25) is 5.91 Å². The van der Waals surface area contributed by atoms with Crippen LogP contribution in [-0.4, -0.2) is 63.2 Å². The van der Waals surface area contributed by atoms with Crippen molar-refractivity contribution in [2.75, 3.05) is 32.7 Å². The highest BCUT2D eigenvalue weighted by Gasteiger charge is 2.22. The number of hydrogen-bond acceptors (Lipinski definition) is 4. The van der Waals surface area contributed by atoms with E-state index in [4.69, 9.17) is 0 Å². The summed E-state index contributed by atoms with van der Waals surface area (Å²) in [5.41, 5.74) is 0. The molecule has 6 heteroatoms. The molecule has 0 saturated carbocycles. The number of nitrogens with zero attached hydrogens (tertiary/aromatic N) is 5. The fourth-order valence-corrected chi connectivity index (χ4v) is 3.52. The summed E-state index contributed by atoms with van der Waals surface area (Å²) in [5, 5.41) is 4.20. The molecule has 0 spiro atoms. The van der Waals surface area contributed by atoms with Gasteiger partial charge in [-0.05, 0) is 44.7 Å². The van der Waals surface area contributed by atoms with Crippen molar-refractivity contribution in [3.63, 3.8) is 0 Å². The van der Waals surface area contributed by atoms with Gasteiger partial charge in [0, 0.05) is 32.6 Å². The molecule has 116 valence electrons. The van der Waals surface area contributed by atoms with Crippen molar-refractivity contribution >= 4 is 5.91 Å². The van der Waals surface area contributed by atoms with Gasteiger partial charge in [-0.2, -0.15) is 5.10 Å². The van der Waals surface area contributed by atoms with Gasteiger partial charge in [0.05, 0.1) is 0 Å². The second-order valence-electron chi connectivity index (χ2n) is 6.26. The summed E-state index contributed by atoms with van der Waals surface area (Å²) in [6, 6.07) is 0. The number of piperidine rings is 1. The fraction of sp³-hybridized carbons (Fsp3) is 0.800. The molecule has 1 atom stereocenters. The summed E-state index contributed by atoms with van der Waals surface area (Å²) in [6.45, 7) is 6.32. The second-order valence-corrected chi connectivity index (χ2v) is 6.26. The summed E-state index contributed by atoms with van der Waals surface area (Å²) in [6.07, 6.45) is 8.85. The monoisotopic (exact) mass is 291 g/mol. The smallest absolute Gasteiger partial charge is 0.222 e. The quantitative estimate of drug-likeness (QED) is 0.785. The number of hydrogen-bond donors (Lipinski definition) is 0. The number of carbonyl (C=O) groups excluding carboxylic acids is 1. The van der Waals surface area contributed by atoms with E-state index in [0.29, 0.717) is 11.8 Å². The normalized spacial score (nSPS) is 23.9. The minimum Gasteiger partial charge on any atom is -0.343 e. The summed E-state index contributed by atoms with van der Waals surface area (Å²) in [7, 11) is 0. The van der Waals surface area contributed by atoms with Crippen LogP contribution < -0.4 is 0 Å². The lowest BCUT2D eigenvalue weighted by molar-refractivity contribution is -0.127. The molecule has 2 aliphatic heterocycles. The average Bonchev–Trinajstić information content (AvgIpc) is 3.12. The van der Waals surface area contributed by atoms with Crippen molar-refractivity contribution in [1.29, 1.82) is 0 Å². The summed E-state index contributed by atoms with van der Waals surface area (Å²) < 4.78 is 1.94. The van der Waals surface area contributed by atoms with Crippen LogP contribution in [0.2, 0.25) is 0 Å². The van der Waals surface area contributed by atoms with Crippen LogP contribution >= 0.6 is 0 Å². The van der Waals surface area contributed by atoms with Crippen LogP contribution in [0.25, 0.3) is 0 Å². The molecule has 0 unspecified atom stereocenters. The zero-order chi connectivity index (χ0) is 14.5. The standard InChI is InChI=1S/C15H25N5O/c21-15-5-2-8-19(15)9-3-7-18-6-1-4-14(10-18)11-20-13-16-12-17-20/h12-14H,1-11H2/t14-/m0/s1. The van der Waals surface area contributed by atoms with Gasteiger partial charge in [-0.1, -0.05) is 0 Å². The fourth-order valence-electron chi connectivity index (χ4n) is 3.52. The van der Waals surface area contributed by atoms with Crippen molar-refractivity contribution in [3.05, 3.63) is 12.7 Å². The Bertz CT molecular complexity index is 447. The van der Waals surface area contributed by atoms with Gasteiger partial charge >= 0.3 is 0 Å². The zero-order valence-corrected chi connectivity index (χ0v) is 12.7. The lowest BCUT2D eigenvalue weighted by atomic mass is 9.98. The SMILES string of the molecule is O=C1CCCN1CCCN1CCC[C@H](Cn2cncn2)C1. The molecule has 6 nitrogen and oxygen atoms in total. The first-order valence-corrected chi connectivity index (χ1v) is 8.14. The Hall–Kier alpha value is -1.43. The average molecular weight is 291 g/mol. The molecule has 2 fully saturated rings. The molecule has 0 bridgehead atoms. The van der Waals surface area contributed by atoms with Gasteiger partial charge in [0.15, 0.2) is 0 Å². The molecule has 0 aromatic carbocycles. The lowest BCUT2D eigenvalue weighted by Gasteiger charge is -2.33. The lowest BCUT2D eigenvalue weighted by Crippen LogP contribution is -2.39. The predicted molar refractivity (Wildman–Crippen MR) is 79.6 cm³/mol. The summed E-state index contributed by atoms with van der Waals surface area (Å²) >= 11 is 0. The highest BCUT2D eigenvalue weighted by atomic mass is 16.2. The Labute approximate surface area is 126 Å². The van der Waals surface area contributed by atoms with Gasteiger partial charge in [-0.25, -0.2) is 4.98 Å². The van der Waals surface area contributed by atoms with Crippen LogP contribution in [0.3, 0.4) is 0 Å². The largest absolute Gasteiger partial charge is 0.343 e. The van der Waals surface area contributed by atoms with Crippen molar-refractivity contribution in [1.82, 2.24) is 24.6 Å². The molecular weight excluding hydrogens is 266 g/mol. The van der Waals surface area contributed by atoms with E-state index in [0.717, 1.165) is 52.0 Å². The van der Waals surface area contributed by atoms with E-state index in [1.165, 1.54) is 19.4 Å². The van der Waals surface area contributed by atoms with E-state index in [2.05, 4.69) is 15.0 Å². The zero-order valence-electron chi connectivity index (χ0n) is 12.7. The molecular formula is C15H25N5O. The van der Waals surface area contributed by atoms with Crippen molar-refractivity contribution in [3.8, 4) is 0 Å². The Kier molecular flexibility index (Phi) is 4.85. The molecule has 0 radical (unpaired) electrons. The van der Waals surface area contributed by atoms with E-state index in [1.807, 2.05) is 9.58 Å². The van der Waals surface area contributed by atoms with Gasteiger partial charge in [-0.3, -0.25) is 9.48 Å². The van der Waals surface area contributed by atoms with Crippen LogP contribution in [-0.2, 0) is 11.3 Å². The van der Waals surface area contributed by atoms with Gasteiger partial charge in [0.25, 0.3) is 0 Å². The van der Waals surface area contributed by atoms with E-state index >= 15 is 0 Å². The number of rotatable bonds is 6. The van der Waals surface area contributed by atoms with Crippen LogP contribution in [0.1, 0.15) is 32.1 Å². The van der Waals surface area contributed by atoms with Gasteiger partial charge in [-0.15, -0.1) is 0 Å². The van der Waals surface area contributed by atoms with E-state index in [9.17, 15) is 4.79 Å². The molecule has 3 heterocycles. The van der Waals surface area contributed by atoms with Gasteiger partial charge < -0.3 is 9.80 Å². The molecule has 0 aliphatic carbocycles. The number of likely N-dealkylation sites (tertiary alicyclic amines) is 2. The minimum absolute atomic E-state index is 0.345. The first-order chi connectivity index (χ1) is 10.3. The number of amides is 1. The Morgan fingerprint density at radius 2 is 2.19 bits per heavy atom. The maximum absolute atomic E-state index is 11.6. The van der Waals surface area contributed by atoms with Crippen LogP contribution in [0.5, 0.6) is 0 Å². The molecule has 3 rings (SSSR count). The third-order valence-corrected chi connectivity index (χ3v) is 4.59. The third kappa shape index (κ3) is 4.03. The molecule has 21 heavy (non-hydrogen) atoms. The molecule has 0 N–H and O–H groups in total. The molecule has 1 aromatic rings. The Balaban J connectivity index is 1.38. The minimum atomic E-state index is 0.345. The van der Waals surface area contributed by atoms with Crippen molar-refractivity contribution in [2.45, 2.75) is 38.6 Å². The van der Waals surface area contributed by atoms with Crippen LogP contribution in [0, 0.1) is 5.92 Å². The maximum atomic E-state index is 11.6. The third-order valence-electron chi connectivity index (χ3n) is 4.59. The highest BCUT2D eigenvalue weighted by molar-refractivity contribution is 5.77. The second kappa shape index (κ2) is 7.02. The first kappa shape index (κ1) is 14.5. The Morgan fingerprint density at radius 1 is 1.24 bits per heavy atom. The van der Waals surface area contributed by atoms with Gasteiger partial charge in [0.1, 0.15) is 12.7 Å². The summed E-state index contributed by atoms with van der Waals surface area (Å²) in [4.78, 5) is 20.2. The molecule has 1 amide bonds. The number of carbonyl (C=O) groups is 1. The topological polar surface area (TPSA) is 54.3 Å². The van der Waals surface area contributed by atoms with Crippen molar-refractivity contribution < 1.29 is 4.79 Å². The van der Waals surface area contributed by atoms with Crippen LogP contribution in [0.4, 0.5) is 0 Å². The summed E-state index contributed by atoms with van der Waals surface area (Å²) in [5.74, 6) is 1.02. The maximum Gasteiger partial charge on any atom is 0.222 e. The first-order valence-electron chi connectivity index (χ1n) is 8.14. The van der Waals surface area contributed by atoms with E-state index < -0.39 is 0 Å². The molecule has 1 aromatic heterocycles. The van der Waals surface area contributed by atoms with Crippen molar-refractivity contribution in [2.24, 2.45) is 5.92 Å². The molecule has 2 saturated heterocycles. The highest BCUT2D eigenvalue weighted by Crippen LogP contribution is 2.18. The Morgan fingerprint density at radius 3 is 2.95 bits per heavy atom. The van der Waals surface area contributed by atoms with Crippen LogP contribution in [0.15, 0.2) is 12.7 Å².